The molecule has 3 unspecified atom stereocenters. The first-order chi connectivity index (χ1) is 7.51. The van der Waals surface area contributed by atoms with Crippen molar-refractivity contribution in [3.8, 4) is 0 Å². The van der Waals surface area contributed by atoms with E-state index in [1.807, 2.05) is 20.8 Å². The summed E-state index contributed by atoms with van der Waals surface area (Å²) in [5.74, 6) is 0.357. The van der Waals surface area contributed by atoms with Crippen LogP contribution in [0.1, 0.15) is 40.5 Å². The normalized spacial score (nSPS) is 31.1. The van der Waals surface area contributed by atoms with Crippen LogP contribution in [-0.2, 0) is 4.74 Å². The fourth-order valence-electron chi connectivity index (χ4n) is 1.91. The van der Waals surface area contributed by atoms with E-state index in [0.717, 1.165) is 12.8 Å². The number of rotatable bonds is 5. The van der Waals surface area contributed by atoms with Crippen molar-refractivity contribution in [2.24, 2.45) is 5.41 Å². The van der Waals surface area contributed by atoms with Crippen molar-refractivity contribution in [3.63, 3.8) is 0 Å². The van der Waals surface area contributed by atoms with E-state index >= 15 is 0 Å². The Morgan fingerprint density at radius 3 is 2.06 bits per heavy atom. The van der Waals surface area contributed by atoms with Crippen LogP contribution in [0, 0.1) is 5.41 Å². The van der Waals surface area contributed by atoms with E-state index in [1.54, 1.807) is 0 Å². The van der Waals surface area contributed by atoms with E-state index in [1.165, 1.54) is 0 Å². The van der Waals surface area contributed by atoms with Gasteiger partial charge in [0.2, 0.25) is 0 Å². The van der Waals surface area contributed by atoms with Crippen molar-refractivity contribution in [2.75, 3.05) is 5.88 Å². The van der Waals surface area contributed by atoms with E-state index < -0.39 is 4.33 Å². The Morgan fingerprint density at radius 1 is 1.29 bits per heavy atom. The monoisotopic (exact) mass is 320 g/mol. The van der Waals surface area contributed by atoms with Gasteiger partial charge in [-0.15, -0.1) is 46.4 Å². The molecule has 0 aromatic carbocycles. The highest BCUT2D eigenvalue weighted by atomic mass is 35.5. The molecule has 0 aromatic heterocycles. The Bertz CT molecular complexity index is 274. The topological polar surface area (TPSA) is 9.23 Å². The molecule has 0 spiro atoms. The van der Waals surface area contributed by atoms with E-state index in [9.17, 15) is 0 Å². The van der Waals surface area contributed by atoms with Gasteiger partial charge in [0, 0.05) is 11.3 Å². The lowest BCUT2D eigenvalue weighted by atomic mass is 9.98. The molecule has 1 rings (SSSR count). The van der Waals surface area contributed by atoms with Crippen LogP contribution in [0.4, 0.5) is 0 Å². The maximum atomic E-state index is 6.22. The summed E-state index contributed by atoms with van der Waals surface area (Å²) < 4.78 is 5.32. The lowest BCUT2D eigenvalue weighted by Crippen LogP contribution is -2.36. The van der Waals surface area contributed by atoms with Gasteiger partial charge < -0.3 is 4.74 Å². The SMILES string of the molecule is CC(C)(C)OC(CC1(C)CC1(Cl)Cl)C(Cl)CCl. The minimum atomic E-state index is -0.643. The highest BCUT2D eigenvalue weighted by molar-refractivity contribution is 6.51. The Balaban J connectivity index is 2.66. The quantitative estimate of drug-likeness (QED) is 0.648. The first-order valence-corrected chi connectivity index (χ1v) is 7.49. The molecule has 0 N–H and O–H groups in total. The van der Waals surface area contributed by atoms with Gasteiger partial charge >= 0.3 is 0 Å². The number of alkyl halides is 4. The van der Waals surface area contributed by atoms with Crippen molar-refractivity contribution in [3.05, 3.63) is 0 Å². The summed E-state index contributed by atoms with van der Waals surface area (Å²) >= 11 is 24.3. The summed E-state index contributed by atoms with van der Waals surface area (Å²) in [5, 5.41) is -0.225. The Hall–Kier alpha value is 1.12. The molecule has 0 aliphatic heterocycles. The van der Waals surface area contributed by atoms with Crippen LogP contribution in [0.2, 0.25) is 0 Å². The van der Waals surface area contributed by atoms with Gasteiger partial charge in [0.05, 0.1) is 17.1 Å². The van der Waals surface area contributed by atoms with Gasteiger partial charge in [-0.25, -0.2) is 0 Å². The van der Waals surface area contributed by atoms with Crippen molar-refractivity contribution >= 4 is 46.4 Å². The summed E-state index contributed by atoms with van der Waals surface area (Å²) in [7, 11) is 0. The largest absolute Gasteiger partial charge is 0.371 e. The number of ether oxygens (including phenoxy) is 1. The molecule has 0 radical (unpaired) electrons. The highest BCUT2D eigenvalue weighted by Crippen LogP contribution is 2.66. The highest BCUT2D eigenvalue weighted by Gasteiger charge is 2.63. The summed E-state index contributed by atoms with van der Waals surface area (Å²) in [6.07, 6.45) is 1.38. The maximum Gasteiger partial charge on any atom is 0.124 e. The second kappa shape index (κ2) is 5.25. The average Bonchev–Trinajstić information content (AvgIpc) is 2.60. The molecule has 0 saturated heterocycles. The third-order valence-electron chi connectivity index (χ3n) is 3.08. The lowest BCUT2D eigenvalue weighted by molar-refractivity contribution is -0.0689. The Labute approximate surface area is 124 Å². The van der Waals surface area contributed by atoms with Crippen LogP contribution < -0.4 is 0 Å². The Kier molecular flexibility index (Phi) is 4.99. The number of hydrogen-bond acceptors (Lipinski definition) is 1. The molecule has 1 saturated carbocycles. The second-order valence-corrected chi connectivity index (χ2v) is 8.44. The zero-order chi connectivity index (χ0) is 13.5. The van der Waals surface area contributed by atoms with E-state index in [-0.39, 0.29) is 22.5 Å². The molecule has 17 heavy (non-hydrogen) atoms. The summed E-state index contributed by atoms with van der Waals surface area (Å²) in [4.78, 5) is 0. The van der Waals surface area contributed by atoms with Crippen LogP contribution in [0.25, 0.3) is 0 Å². The molecule has 0 bridgehead atoms. The molecule has 0 heterocycles. The molecule has 1 nitrogen and oxygen atoms in total. The number of halogens is 4. The Morgan fingerprint density at radius 2 is 1.76 bits per heavy atom. The van der Waals surface area contributed by atoms with E-state index in [0.29, 0.717) is 5.88 Å². The van der Waals surface area contributed by atoms with E-state index in [4.69, 9.17) is 51.1 Å². The predicted molar refractivity (Wildman–Crippen MR) is 76.8 cm³/mol. The molecule has 1 fully saturated rings. The molecule has 5 heteroatoms. The van der Waals surface area contributed by atoms with Gasteiger partial charge in [0.25, 0.3) is 0 Å². The van der Waals surface area contributed by atoms with Crippen LogP contribution in [-0.4, -0.2) is 27.3 Å². The van der Waals surface area contributed by atoms with Crippen molar-refractivity contribution in [1.29, 1.82) is 0 Å². The summed E-state index contributed by atoms with van der Waals surface area (Å²) in [6, 6.07) is 0. The lowest BCUT2D eigenvalue weighted by Gasteiger charge is -2.32. The molecule has 3 atom stereocenters. The van der Waals surface area contributed by atoms with Crippen molar-refractivity contribution < 1.29 is 4.74 Å². The predicted octanol–water partition coefficient (Wildman–Crippen LogP) is 4.99. The standard InChI is InChI=1S/C12H20Cl4O/c1-10(2,3)17-9(8(14)6-13)5-11(4)7-12(11,15)16/h8-9H,5-7H2,1-4H3. The van der Waals surface area contributed by atoms with Crippen LogP contribution in [0.3, 0.4) is 0 Å². The van der Waals surface area contributed by atoms with Gasteiger partial charge in [-0.1, -0.05) is 6.92 Å². The molecule has 1 aliphatic carbocycles. The molecule has 102 valence electrons. The average molecular weight is 322 g/mol. The molecule has 1 aliphatic rings. The zero-order valence-electron chi connectivity index (χ0n) is 10.7. The third-order valence-corrected chi connectivity index (χ3v) is 5.18. The van der Waals surface area contributed by atoms with Crippen LogP contribution >= 0.6 is 46.4 Å². The first-order valence-electron chi connectivity index (χ1n) is 5.76. The summed E-state index contributed by atoms with van der Waals surface area (Å²) in [6.45, 7) is 8.06. The summed E-state index contributed by atoms with van der Waals surface area (Å²) in [5.41, 5.74) is -0.373. The zero-order valence-corrected chi connectivity index (χ0v) is 13.7. The number of hydrogen-bond donors (Lipinski definition) is 0. The minimum Gasteiger partial charge on any atom is -0.371 e. The molecular formula is C12H20Cl4O. The van der Waals surface area contributed by atoms with Gasteiger partial charge in [0.1, 0.15) is 4.33 Å². The molecular weight excluding hydrogens is 302 g/mol. The maximum absolute atomic E-state index is 6.22. The van der Waals surface area contributed by atoms with E-state index in [2.05, 4.69) is 6.92 Å². The van der Waals surface area contributed by atoms with Crippen molar-refractivity contribution in [1.82, 2.24) is 0 Å². The van der Waals surface area contributed by atoms with Gasteiger partial charge in [-0.05, 0) is 33.6 Å². The van der Waals surface area contributed by atoms with Crippen LogP contribution in [0.5, 0.6) is 0 Å². The minimum absolute atomic E-state index is 0.120. The van der Waals surface area contributed by atoms with Gasteiger partial charge in [0.15, 0.2) is 0 Å². The second-order valence-electron chi connectivity index (χ2n) is 6.08. The van der Waals surface area contributed by atoms with Gasteiger partial charge in [-0.2, -0.15) is 0 Å². The smallest absolute Gasteiger partial charge is 0.124 e. The van der Waals surface area contributed by atoms with Gasteiger partial charge in [-0.3, -0.25) is 0 Å². The fraction of sp³-hybridized carbons (Fsp3) is 1.00. The molecule has 0 amide bonds. The first kappa shape index (κ1) is 16.2. The van der Waals surface area contributed by atoms with Crippen LogP contribution in [0.15, 0.2) is 0 Å². The fourth-order valence-corrected chi connectivity index (χ4v) is 2.99. The molecule has 0 aromatic rings. The third kappa shape index (κ3) is 4.31. The van der Waals surface area contributed by atoms with Crippen molar-refractivity contribution in [2.45, 2.75) is 62.0 Å².